The number of hydrogen-bond donors (Lipinski definition) is 0. The lowest BCUT2D eigenvalue weighted by atomic mass is 9.53. The quantitative estimate of drug-likeness (QED) is 0.522. The van der Waals surface area contributed by atoms with E-state index in [1.165, 1.54) is 19.3 Å². The molecule has 2 unspecified atom stereocenters. The Morgan fingerprint density at radius 2 is 1.60 bits per heavy atom. The van der Waals surface area contributed by atoms with Crippen molar-refractivity contribution in [1.82, 2.24) is 0 Å². The molecule has 0 aromatic carbocycles. The van der Waals surface area contributed by atoms with Crippen molar-refractivity contribution in [2.24, 2.45) is 23.2 Å². The molecule has 0 aromatic heterocycles. The van der Waals surface area contributed by atoms with Gasteiger partial charge in [0.25, 0.3) is 0 Å². The molecule has 0 radical (unpaired) electrons. The Kier molecular flexibility index (Phi) is 1.19. The van der Waals surface area contributed by atoms with Crippen molar-refractivity contribution in [2.45, 2.75) is 40.0 Å². The van der Waals surface area contributed by atoms with Crippen molar-refractivity contribution in [3.63, 3.8) is 0 Å². The molecule has 2 aliphatic carbocycles. The van der Waals surface area contributed by atoms with E-state index >= 15 is 0 Å². The van der Waals surface area contributed by atoms with Crippen LogP contribution in [-0.2, 0) is 0 Å². The maximum absolute atomic E-state index is 2.50. The molecule has 0 aliphatic heterocycles. The molecule has 0 bridgehead atoms. The zero-order valence-corrected chi connectivity index (χ0v) is 7.35. The van der Waals surface area contributed by atoms with Crippen LogP contribution in [0.1, 0.15) is 40.0 Å². The second-order valence-electron chi connectivity index (χ2n) is 4.68. The van der Waals surface area contributed by atoms with Crippen molar-refractivity contribution in [3.8, 4) is 0 Å². The molecule has 0 aromatic rings. The Morgan fingerprint density at radius 1 is 1.10 bits per heavy atom. The summed E-state index contributed by atoms with van der Waals surface area (Å²) in [5.41, 5.74) is 0.750. The van der Waals surface area contributed by atoms with Crippen LogP contribution in [0.15, 0.2) is 0 Å². The van der Waals surface area contributed by atoms with Gasteiger partial charge in [-0.15, -0.1) is 0 Å². The SMILES string of the molecule is CC1CC(C)C1(C)C1CC1. The normalized spacial score (nSPS) is 54.3. The first-order valence-electron chi connectivity index (χ1n) is 4.65. The van der Waals surface area contributed by atoms with E-state index < -0.39 is 0 Å². The Bertz CT molecular complexity index is 131. The zero-order chi connectivity index (χ0) is 7.35. The summed E-state index contributed by atoms with van der Waals surface area (Å²) in [6.45, 7) is 7.36. The molecule has 2 atom stereocenters. The Hall–Kier alpha value is 0. The Balaban J connectivity index is 2.10. The van der Waals surface area contributed by atoms with Gasteiger partial charge in [0.05, 0.1) is 0 Å². The van der Waals surface area contributed by atoms with E-state index in [9.17, 15) is 0 Å². The van der Waals surface area contributed by atoms with Crippen LogP contribution in [0.5, 0.6) is 0 Å². The third-order valence-corrected chi connectivity index (χ3v) is 4.29. The minimum Gasteiger partial charge on any atom is -0.0620 e. The highest BCUT2D eigenvalue weighted by molar-refractivity contribution is 5.03. The van der Waals surface area contributed by atoms with Crippen LogP contribution in [0.3, 0.4) is 0 Å². The number of rotatable bonds is 1. The summed E-state index contributed by atoms with van der Waals surface area (Å²) in [6.07, 6.45) is 4.52. The third kappa shape index (κ3) is 0.627. The lowest BCUT2D eigenvalue weighted by molar-refractivity contribution is -0.0356. The second kappa shape index (κ2) is 1.78. The van der Waals surface area contributed by atoms with E-state index in [-0.39, 0.29) is 0 Å². The minimum absolute atomic E-state index is 0.750. The predicted molar refractivity (Wildman–Crippen MR) is 43.8 cm³/mol. The molecule has 58 valence electrons. The van der Waals surface area contributed by atoms with Gasteiger partial charge in [-0.1, -0.05) is 20.8 Å². The predicted octanol–water partition coefficient (Wildman–Crippen LogP) is 3.08. The van der Waals surface area contributed by atoms with Crippen LogP contribution >= 0.6 is 0 Å². The van der Waals surface area contributed by atoms with Crippen LogP contribution < -0.4 is 0 Å². The maximum atomic E-state index is 2.50. The van der Waals surface area contributed by atoms with Gasteiger partial charge in [-0.2, -0.15) is 0 Å². The molecule has 2 rings (SSSR count). The average molecular weight is 138 g/mol. The fourth-order valence-corrected chi connectivity index (χ4v) is 2.87. The van der Waals surface area contributed by atoms with Crippen LogP contribution in [0.2, 0.25) is 0 Å². The third-order valence-electron chi connectivity index (χ3n) is 4.29. The molecule has 0 spiro atoms. The number of hydrogen-bond acceptors (Lipinski definition) is 0. The summed E-state index contributed by atoms with van der Waals surface area (Å²) in [6, 6.07) is 0. The van der Waals surface area contributed by atoms with Gasteiger partial charge in [-0.3, -0.25) is 0 Å². The van der Waals surface area contributed by atoms with Crippen LogP contribution in [0.4, 0.5) is 0 Å². The van der Waals surface area contributed by atoms with Crippen molar-refractivity contribution in [2.75, 3.05) is 0 Å². The van der Waals surface area contributed by atoms with Crippen molar-refractivity contribution in [3.05, 3.63) is 0 Å². The van der Waals surface area contributed by atoms with Gasteiger partial charge in [-0.05, 0) is 42.4 Å². The molecule has 2 fully saturated rings. The van der Waals surface area contributed by atoms with E-state index in [1.54, 1.807) is 0 Å². The van der Waals surface area contributed by atoms with Gasteiger partial charge in [0.2, 0.25) is 0 Å². The average Bonchev–Trinajstić information content (AvgIpc) is 2.68. The van der Waals surface area contributed by atoms with E-state index in [1.807, 2.05) is 0 Å². The lowest BCUT2D eigenvalue weighted by Crippen LogP contribution is -2.45. The minimum atomic E-state index is 0.750. The molecule has 0 N–H and O–H groups in total. The molecule has 0 nitrogen and oxygen atoms in total. The molecule has 2 aliphatic rings. The van der Waals surface area contributed by atoms with Gasteiger partial charge < -0.3 is 0 Å². The summed E-state index contributed by atoms with van der Waals surface area (Å²) < 4.78 is 0. The lowest BCUT2D eigenvalue weighted by Gasteiger charge is -2.52. The van der Waals surface area contributed by atoms with Gasteiger partial charge in [0, 0.05) is 0 Å². The van der Waals surface area contributed by atoms with Crippen molar-refractivity contribution >= 4 is 0 Å². The summed E-state index contributed by atoms with van der Waals surface area (Å²) in [5, 5.41) is 0. The highest BCUT2D eigenvalue weighted by Crippen LogP contribution is 2.62. The maximum Gasteiger partial charge on any atom is -0.0246 e. The zero-order valence-electron chi connectivity index (χ0n) is 7.35. The molecule has 0 saturated heterocycles. The highest BCUT2D eigenvalue weighted by atomic mass is 14.6. The van der Waals surface area contributed by atoms with Crippen LogP contribution in [0.25, 0.3) is 0 Å². The monoisotopic (exact) mass is 138 g/mol. The van der Waals surface area contributed by atoms with E-state index in [4.69, 9.17) is 0 Å². The Labute approximate surface area is 64.0 Å². The van der Waals surface area contributed by atoms with Gasteiger partial charge in [0.15, 0.2) is 0 Å². The van der Waals surface area contributed by atoms with E-state index in [2.05, 4.69) is 20.8 Å². The standard InChI is InChI=1S/C10H18/c1-7-6-8(2)10(7,3)9-4-5-9/h7-9H,4-6H2,1-3H3. The largest absolute Gasteiger partial charge is 0.0620 e. The summed E-state index contributed by atoms with van der Waals surface area (Å²) in [5.74, 6) is 3.12. The molecular weight excluding hydrogens is 120 g/mol. The molecule has 0 heteroatoms. The van der Waals surface area contributed by atoms with Crippen molar-refractivity contribution < 1.29 is 0 Å². The Morgan fingerprint density at radius 3 is 1.80 bits per heavy atom. The smallest absolute Gasteiger partial charge is 0.0246 e. The summed E-state index contributed by atoms with van der Waals surface area (Å²) >= 11 is 0. The van der Waals surface area contributed by atoms with Gasteiger partial charge >= 0.3 is 0 Å². The van der Waals surface area contributed by atoms with E-state index in [0.717, 1.165) is 23.2 Å². The molecule has 0 amide bonds. The molecular formula is C10H18. The molecule has 10 heavy (non-hydrogen) atoms. The molecule has 0 heterocycles. The van der Waals surface area contributed by atoms with Crippen molar-refractivity contribution in [1.29, 1.82) is 0 Å². The van der Waals surface area contributed by atoms with Gasteiger partial charge in [-0.25, -0.2) is 0 Å². The van der Waals surface area contributed by atoms with Crippen LogP contribution in [0, 0.1) is 23.2 Å². The van der Waals surface area contributed by atoms with Crippen LogP contribution in [-0.4, -0.2) is 0 Å². The topological polar surface area (TPSA) is 0 Å². The van der Waals surface area contributed by atoms with Gasteiger partial charge in [0.1, 0.15) is 0 Å². The first kappa shape index (κ1) is 6.69. The first-order chi connectivity index (χ1) is 4.65. The fraction of sp³-hybridized carbons (Fsp3) is 1.00. The summed E-state index contributed by atoms with van der Waals surface area (Å²) in [7, 11) is 0. The summed E-state index contributed by atoms with van der Waals surface area (Å²) in [4.78, 5) is 0. The van der Waals surface area contributed by atoms with E-state index in [0.29, 0.717) is 0 Å². The first-order valence-corrected chi connectivity index (χ1v) is 4.65. The molecule has 2 saturated carbocycles. The highest BCUT2D eigenvalue weighted by Gasteiger charge is 2.54. The fourth-order valence-electron chi connectivity index (χ4n) is 2.87. The second-order valence-corrected chi connectivity index (χ2v) is 4.68.